The molecule has 0 radical (unpaired) electrons. The van der Waals surface area contributed by atoms with Gasteiger partial charge in [0.2, 0.25) is 0 Å². The maximum Gasteiger partial charge on any atom is 0.0366 e. The van der Waals surface area contributed by atoms with E-state index in [1.807, 2.05) is 0 Å². The Bertz CT molecular complexity index is 402. The predicted molar refractivity (Wildman–Crippen MR) is 92.9 cm³/mol. The van der Waals surface area contributed by atoms with Crippen molar-refractivity contribution in [3.8, 4) is 0 Å². The van der Waals surface area contributed by atoms with Gasteiger partial charge >= 0.3 is 0 Å². The van der Waals surface area contributed by atoms with Crippen LogP contribution in [-0.2, 0) is 0 Å². The summed E-state index contributed by atoms with van der Waals surface area (Å²) in [6, 6.07) is 9.73. The minimum absolute atomic E-state index is 0.496. The molecule has 1 atom stereocenters. The fraction of sp³-hybridized carbons (Fsp3) is 0.684. The number of hydrogen-bond donors (Lipinski definition) is 1. The summed E-state index contributed by atoms with van der Waals surface area (Å²) in [7, 11) is 0. The number of nitrogens with one attached hydrogen (secondary N) is 1. The van der Waals surface area contributed by atoms with Crippen molar-refractivity contribution in [2.24, 2.45) is 11.8 Å². The van der Waals surface area contributed by atoms with E-state index in [1.54, 1.807) is 0 Å². The Morgan fingerprint density at radius 3 is 2.19 bits per heavy atom. The molecule has 1 aromatic carbocycles. The molecule has 1 saturated heterocycles. The van der Waals surface area contributed by atoms with Gasteiger partial charge in [-0.05, 0) is 55.3 Å². The maximum atomic E-state index is 3.55. The largest absolute Gasteiger partial charge is 0.372 e. The first-order chi connectivity index (χ1) is 10.2. The molecule has 2 rings (SSSR count). The van der Waals surface area contributed by atoms with Crippen LogP contribution in [-0.4, -0.2) is 19.6 Å². The van der Waals surface area contributed by atoms with E-state index in [4.69, 9.17) is 0 Å². The zero-order valence-electron chi connectivity index (χ0n) is 14.2. The topological polar surface area (TPSA) is 15.3 Å². The highest BCUT2D eigenvalue weighted by atomic mass is 15.1. The molecule has 118 valence electrons. The average molecular weight is 288 g/mol. The molecule has 21 heavy (non-hydrogen) atoms. The second-order valence-corrected chi connectivity index (χ2v) is 6.68. The first-order valence-electron chi connectivity index (χ1n) is 8.74. The van der Waals surface area contributed by atoms with Gasteiger partial charge in [-0.15, -0.1) is 0 Å². The quantitative estimate of drug-likeness (QED) is 0.821. The van der Waals surface area contributed by atoms with Gasteiger partial charge in [0.25, 0.3) is 0 Å². The van der Waals surface area contributed by atoms with Crippen LogP contribution >= 0.6 is 0 Å². The van der Waals surface area contributed by atoms with Gasteiger partial charge in [0, 0.05) is 24.8 Å². The van der Waals surface area contributed by atoms with Crippen LogP contribution in [0.4, 0.5) is 5.69 Å². The fourth-order valence-corrected chi connectivity index (χ4v) is 3.49. The van der Waals surface area contributed by atoms with Gasteiger partial charge in [-0.2, -0.15) is 0 Å². The highest BCUT2D eigenvalue weighted by Crippen LogP contribution is 2.28. The lowest BCUT2D eigenvalue weighted by atomic mass is 9.86. The van der Waals surface area contributed by atoms with Gasteiger partial charge in [0.1, 0.15) is 0 Å². The number of hydrogen-bond acceptors (Lipinski definition) is 2. The van der Waals surface area contributed by atoms with Crippen LogP contribution in [0.3, 0.4) is 0 Å². The summed E-state index contributed by atoms with van der Waals surface area (Å²) in [5, 5.41) is 3.55. The summed E-state index contributed by atoms with van der Waals surface area (Å²) in [6.45, 7) is 12.6. The average Bonchev–Trinajstić information content (AvgIpc) is 2.53. The monoisotopic (exact) mass is 288 g/mol. The van der Waals surface area contributed by atoms with Crippen LogP contribution in [0.5, 0.6) is 0 Å². The molecule has 1 heterocycles. The second kappa shape index (κ2) is 7.84. The van der Waals surface area contributed by atoms with Crippen molar-refractivity contribution in [1.82, 2.24) is 5.32 Å². The Labute approximate surface area is 130 Å². The lowest BCUT2D eigenvalue weighted by Gasteiger charge is -2.35. The van der Waals surface area contributed by atoms with Crippen LogP contribution in [0, 0.1) is 11.8 Å². The van der Waals surface area contributed by atoms with E-state index in [9.17, 15) is 0 Å². The Hall–Kier alpha value is -1.02. The molecule has 0 aliphatic carbocycles. The van der Waals surface area contributed by atoms with E-state index in [2.05, 4.69) is 62.2 Å². The molecule has 1 fully saturated rings. The number of rotatable bonds is 6. The molecule has 1 unspecified atom stereocenters. The van der Waals surface area contributed by atoms with E-state index in [1.165, 1.54) is 37.2 Å². The number of benzene rings is 1. The third-order valence-electron chi connectivity index (χ3n) is 5.00. The van der Waals surface area contributed by atoms with Crippen molar-refractivity contribution in [3.63, 3.8) is 0 Å². The Kier molecular flexibility index (Phi) is 6.10. The van der Waals surface area contributed by atoms with Gasteiger partial charge in [-0.3, -0.25) is 0 Å². The van der Waals surface area contributed by atoms with E-state index in [-0.39, 0.29) is 0 Å². The second-order valence-electron chi connectivity index (χ2n) is 6.68. The van der Waals surface area contributed by atoms with Gasteiger partial charge in [-0.25, -0.2) is 0 Å². The molecule has 0 aromatic heterocycles. The van der Waals surface area contributed by atoms with Crippen LogP contribution < -0.4 is 10.2 Å². The zero-order valence-corrected chi connectivity index (χ0v) is 14.2. The fourth-order valence-electron chi connectivity index (χ4n) is 3.49. The minimum Gasteiger partial charge on any atom is -0.372 e. The molecule has 0 saturated carbocycles. The third-order valence-corrected chi connectivity index (χ3v) is 5.00. The number of piperidine rings is 1. The summed E-state index contributed by atoms with van der Waals surface area (Å²) < 4.78 is 0. The normalized spacial score (nSPS) is 18.2. The molecule has 1 N–H and O–H groups in total. The summed E-state index contributed by atoms with van der Waals surface area (Å²) in [5.74, 6) is 1.75. The molecule has 0 amide bonds. The van der Waals surface area contributed by atoms with Crippen molar-refractivity contribution in [2.75, 3.05) is 24.5 Å². The van der Waals surface area contributed by atoms with Gasteiger partial charge < -0.3 is 10.2 Å². The van der Waals surface area contributed by atoms with Crippen LogP contribution in [0.1, 0.15) is 58.6 Å². The lowest BCUT2D eigenvalue weighted by molar-refractivity contribution is 0.311. The summed E-state index contributed by atoms with van der Waals surface area (Å²) >= 11 is 0. The van der Waals surface area contributed by atoms with E-state index < -0.39 is 0 Å². The van der Waals surface area contributed by atoms with Crippen molar-refractivity contribution in [1.29, 1.82) is 0 Å². The van der Waals surface area contributed by atoms with Crippen molar-refractivity contribution in [2.45, 2.75) is 53.0 Å². The van der Waals surface area contributed by atoms with Gasteiger partial charge in [0.15, 0.2) is 0 Å². The smallest absolute Gasteiger partial charge is 0.0366 e. The Morgan fingerprint density at radius 1 is 1.10 bits per heavy atom. The molecule has 1 aliphatic rings. The van der Waals surface area contributed by atoms with E-state index >= 15 is 0 Å². The summed E-state index contributed by atoms with van der Waals surface area (Å²) in [4.78, 5) is 2.55. The van der Waals surface area contributed by atoms with Crippen LogP contribution in [0.25, 0.3) is 0 Å². The number of nitrogens with zero attached hydrogens (tertiary/aromatic N) is 1. The van der Waals surface area contributed by atoms with Gasteiger partial charge in [-0.1, -0.05) is 39.8 Å². The number of anilines is 1. The van der Waals surface area contributed by atoms with Gasteiger partial charge in [0.05, 0.1) is 0 Å². The first-order valence-corrected chi connectivity index (χ1v) is 8.74. The van der Waals surface area contributed by atoms with Crippen molar-refractivity contribution >= 4 is 5.69 Å². The van der Waals surface area contributed by atoms with Crippen LogP contribution in [0.15, 0.2) is 24.3 Å². The molecule has 2 heteroatoms. The van der Waals surface area contributed by atoms with E-state index in [0.717, 1.165) is 24.8 Å². The summed E-state index contributed by atoms with van der Waals surface area (Å²) in [5.41, 5.74) is 2.81. The zero-order chi connectivity index (χ0) is 15.2. The molecule has 1 aromatic rings. The molecular weight excluding hydrogens is 256 g/mol. The summed E-state index contributed by atoms with van der Waals surface area (Å²) in [6.07, 6.45) is 3.83. The van der Waals surface area contributed by atoms with E-state index in [0.29, 0.717) is 6.04 Å². The molecule has 0 bridgehead atoms. The first kappa shape index (κ1) is 16.4. The molecule has 0 spiro atoms. The highest BCUT2D eigenvalue weighted by molar-refractivity contribution is 5.48. The SMILES string of the molecule is CCNC(CC)c1ccc(N2CCC(C(C)C)CC2)cc1. The Morgan fingerprint density at radius 2 is 1.71 bits per heavy atom. The standard InChI is InChI=1S/C19H32N2/c1-5-19(20-6-2)17-7-9-18(10-8-17)21-13-11-16(12-14-21)15(3)4/h7-10,15-16,19-20H,5-6,11-14H2,1-4H3. The Balaban J connectivity index is 1.96. The minimum atomic E-state index is 0.496. The van der Waals surface area contributed by atoms with Crippen molar-refractivity contribution < 1.29 is 0 Å². The lowest BCUT2D eigenvalue weighted by Crippen LogP contribution is -2.35. The van der Waals surface area contributed by atoms with Crippen molar-refractivity contribution in [3.05, 3.63) is 29.8 Å². The maximum absolute atomic E-state index is 3.55. The van der Waals surface area contributed by atoms with Crippen LogP contribution in [0.2, 0.25) is 0 Å². The molecule has 1 aliphatic heterocycles. The molecular formula is C19H32N2. The third kappa shape index (κ3) is 4.23. The molecule has 2 nitrogen and oxygen atoms in total. The predicted octanol–water partition coefficient (Wildman–Crippen LogP) is 4.62. The highest BCUT2D eigenvalue weighted by Gasteiger charge is 2.21.